The molecule has 0 N–H and O–H groups in total. The fourth-order valence-electron chi connectivity index (χ4n) is 6.89. The van der Waals surface area contributed by atoms with Crippen LogP contribution in [-0.2, 0) is 5.41 Å². The molecule has 0 saturated heterocycles. The second-order valence-electron chi connectivity index (χ2n) is 11.4. The third kappa shape index (κ3) is 3.37. The number of hydrogen-bond donors (Lipinski definition) is 0. The number of allylic oxidation sites excluding steroid dienone is 2. The average Bonchev–Trinajstić information content (AvgIpc) is 3.45. The number of fused-ring (bicyclic) bond motifs is 6. The molecule has 3 heteroatoms. The van der Waals surface area contributed by atoms with Crippen molar-refractivity contribution in [2.75, 3.05) is 4.90 Å². The van der Waals surface area contributed by atoms with E-state index in [9.17, 15) is 0 Å². The summed E-state index contributed by atoms with van der Waals surface area (Å²) in [6.45, 7) is 4.72. The minimum atomic E-state index is -0.0222. The zero-order valence-electron chi connectivity index (χ0n) is 22.6. The van der Waals surface area contributed by atoms with Crippen molar-refractivity contribution < 1.29 is 0 Å². The van der Waals surface area contributed by atoms with Gasteiger partial charge in [-0.15, -0.1) is 0 Å². The van der Waals surface area contributed by atoms with Crippen LogP contribution in [0.2, 0.25) is 0 Å². The van der Waals surface area contributed by atoms with Crippen molar-refractivity contribution in [3.63, 3.8) is 0 Å². The van der Waals surface area contributed by atoms with Crippen LogP contribution in [0.5, 0.6) is 0 Å². The molecule has 2 unspecified atom stereocenters. The second kappa shape index (κ2) is 8.62. The topological polar surface area (TPSA) is 29.0 Å². The smallest absolute Gasteiger partial charge is 0.162 e. The Balaban J connectivity index is 1.35. The Morgan fingerprint density at radius 2 is 1.35 bits per heavy atom. The first-order chi connectivity index (χ1) is 19.6. The van der Waals surface area contributed by atoms with E-state index in [1.807, 2.05) is 24.3 Å². The lowest BCUT2D eigenvalue weighted by molar-refractivity contribution is 0.639. The van der Waals surface area contributed by atoms with E-state index in [0.29, 0.717) is 0 Å². The van der Waals surface area contributed by atoms with Gasteiger partial charge >= 0.3 is 0 Å². The molecule has 2 atom stereocenters. The van der Waals surface area contributed by atoms with Gasteiger partial charge in [-0.25, -0.2) is 9.97 Å². The van der Waals surface area contributed by atoms with E-state index < -0.39 is 0 Å². The first-order valence-corrected chi connectivity index (χ1v) is 14.0. The van der Waals surface area contributed by atoms with Gasteiger partial charge in [0.2, 0.25) is 0 Å². The molecule has 5 aromatic rings. The van der Waals surface area contributed by atoms with Crippen LogP contribution in [0.3, 0.4) is 0 Å². The third-order valence-corrected chi connectivity index (χ3v) is 8.82. The van der Waals surface area contributed by atoms with Gasteiger partial charge in [-0.05, 0) is 33.9 Å². The molecule has 0 saturated carbocycles. The van der Waals surface area contributed by atoms with E-state index >= 15 is 0 Å². The lowest BCUT2D eigenvalue weighted by atomic mass is 9.76. The van der Waals surface area contributed by atoms with Gasteiger partial charge in [-0.3, -0.25) is 0 Å². The van der Waals surface area contributed by atoms with Crippen LogP contribution in [0.15, 0.2) is 133 Å². The summed E-state index contributed by atoms with van der Waals surface area (Å²) in [7, 11) is 0. The van der Waals surface area contributed by atoms with Crippen LogP contribution in [0.4, 0.5) is 11.5 Å². The molecular formula is C37H29N3. The van der Waals surface area contributed by atoms with E-state index in [-0.39, 0.29) is 17.4 Å². The molecule has 0 amide bonds. The van der Waals surface area contributed by atoms with E-state index in [0.717, 1.165) is 28.5 Å². The predicted molar refractivity (Wildman–Crippen MR) is 164 cm³/mol. The summed E-state index contributed by atoms with van der Waals surface area (Å²) in [5.41, 5.74) is 11.1. The number of anilines is 2. The maximum Gasteiger partial charge on any atom is 0.162 e. The van der Waals surface area contributed by atoms with Gasteiger partial charge in [-0.1, -0.05) is 129 Å². The highest BCUT2D eigenvalue weighted by Crippen LogP contribution is 2.57. The lowest BCUT2D eigenvalue weighted by Crippen LogP contribution is -2.31. The molecule has 192 valence electrons. The summed E-state index contributed by atoms with van der Waals surface area (Å²) in [6, 6.07) is 40.7. The van der Waals surface area contributed by atoms with E-state index in [4.69, 9.17) is 9.97 Å². The summed E-state index contributed by atoms with van der Waals surface area (Å²) >= 11 is 0. The predicted octanol–water partition coefficient (Wildman–Crippen LogP) is 8.73. The van der Waals surface area contributed by atoms with Crippen LogP contribution >= 0.6 is 0 Å². The highest BCUT2D eigenvalue weighted by Gasteiger charge is 2.46. The normalized spacial score (nSPS) is 19.7. The monoisotopic (exact) mass is 515 g/mol. The highest BCUT2D eigenvalue weighted by molar-refractivity contribution is 5.93. The second-order valence-corrected chi connectivity index (χ2v) is 11.4. The van der Waals surface area contributed by atoms with Crippen molar-refractivity contribution in [3.05, 3.63) is 150 Å². The third-order valence-electron chi connectivity index (χ3n) is 8.82. The molecule has 2 heterocycles. The lowest BCUT2D eigenvalue weighted by Gasteiger charge is -2.32. The van der Waals surface area contributed by atoms with E-state index in [1.54, 1.807) is 0 Å². The minimum Gasteiger partial charge on any atom is -0.318 e. The number of rotatable bonds is 3. The molecule has 1 aromatic heterocycles. The molecular weight excluding hydrogens is 486 g/mol. The highest BCUT2D eigenvalue weighted by atomic mass is 15.3. The van der Waals surface area contributed by atoms with Gasteiger partial charge in [0, 0.05) is 34.2 Å². The van der Waals surface area contributed by atoms with Crippen molar-refractivity contribution in [1.82, 2.24) is 9.97 Å². The number of aromatic nitrogens is 2. The first kappa shape index (κ1) is 23.2. The van der Waals surface area contributed by atoms with Crippen molar-refractivity contribution in [2.45, 2.75) is 31.2 Å². The van der Waals surface area contributed by atoms with Crippen molar-refractivity contribution in [3.8, 4) is 22.6 Å². The summed E-state index contributed by atoms with van der Waals surface area (Å²) in [5.74, 6) is 1.91. The molecule has 40 heavy (non-hydrogen) atoms. The summed E-state index contributed by atoms with van der Waals surface area (Å²) in [5, 5.41) is 0. The molecule has 1 aliphatic heterocycles. The fraction of sp³-hybridized carbons (Fsp3) is 0.135. The van der Waals surface area contributed by atoms with Crippen LogP contribution < -0.4 is 4.90 Å². The first-order valence-electron chi connectivity index (χ1n) is 14.0. The summed E-state index contributed by atoms with van der Waals surface area (Å²) in [4.78, 5) is 12.7. The van der Waals surface area contributed by atoms with Crippen LogP contribution in [-0.4, -0.2) is 16.0 Å². The Kier molecular flexibility index (Phi) is 4.99. The quantitative estimate of drug-likeness (QED) is 0.241. The minimum absolute atomic E-state index is 0.0222. The summed E-state index contributed by atoms with van der Waals surface area (Å²) in [6.07, 6.45) is 5.04. The standard InChI is InChI=1S/C37H29N3/c1-37(2)30-19-11-9-17-26(30)28-22-34-29(21-31(28)37)27-18-10-12-20-33(27)40(34)35-23-32(24-13-5-3-6-14-24)38-36(39-35)25-15-7-4-8-16-25/h3-23,29,34H,1-2H3. The molecule has 4 aromatic carbocycles. The van der Waals surface area contributed by atoms with Crippen LogP contribution in [0.1, 0.15) is 36.5 Å². The summed E-state index contributed by atoms with van der Waals surface area (Å²) < 4.78 is 0. The number of hydrogen-bond acceptors (Lipinski definition) is 3. The van der Waals surface area contributed by atoms with Crippen molar-refractivity contribution >= 4 is 17.1 Å². The Morgan fingerprint density at radius 3 is 2.15 bits per heavy atom. The number of benzene rings is 4. The molecule has 0 fully saturated rings. The van der Waals surface area contributed by atoms with Gasteiger partial charge in [0.1, 0.15) is 5.82 Å². The van der Waals surface area contributed by atoms with Crippen molar-refractivity contribution in [1.29, 1.82) is 0 Å². The number of para-hydroxylation sites is 1. The van der Waals surface area contributed by atoms with Gasteiger partial charge in [0.15, 0.2) is 5.82 Å². The largest absolute Gasteiger partial charge is 0.318 e. The molecule has 3 nitrogen and oxygen atoms in total. The Labute approximate surface area is 235 Å². The molecule has 2 aliphatic carbocycles. The van der Waals surface area contributed by atoms with Crippen molar-refractivity contribution in [2.24, 2.45) is 0 Å². The maximum absolute atomic E-state index is 5.22. The molecule has 0 radical (unpaired) electrons. The Morgan fingerprint density at radius 1 is 0.675 bits per heavy atom. The van der Waals surface area contributed by atoms with Crippen LogP contribution in [0.25, 0.3) is 28.2 Å². The van der Waals surface area contributed by atoms with Gasteiger partial charge in [0.05, 0.1) is 11.7 Å². The van der Waals surface area contributed by atoms with E-state index in [2.05, 4.69) is 122 Å². The Hall–Kier alpha value is -4.76. The van der Waals surface area contributed by atoms with Gasteiger partial charge in [0.25, 0.3) is 0 Å². The molecule has 8 rings (SSSR count). The maximum atomic E-state index is 5.22. The zero-order chi connectivity index (χ0) is 26.8. The molecule has 0 bridgehead atoms. The average molecular weight is 516 g/mol. The van der Waals surface area contributed by atoms with E-state index in [1.165, 1.54) is 33.5 Å². The SMILES string of the molecule is CC1(C)C2=CC3c4ccccc4N(c4cc(-c5ccccc5)nc(-c5ccccc5)n4)C3C=C2c2ccccc21. The zero-order valence-corrected chi connectivity index (χ0v) is 22.6. The molecule has 0 spiro atoms. The fourth-order valence-corrected chi connectivity index (χ4v) is 6.89. The van der Waals surface area contributed by atoms with Gasteiger partial charge < -0.3 is 4.90 Å². The molecule has 3 aliphatic rings. The van der Waals surface area contributed by atoms with Gasteiger partial charge in [-0.2, -0.15) is 0 Å². The number of nitrogens with zero attached hydrogens (tertiary/aromatic N) is 3. The Bertz CT molecular complexity index is 1770. The van der Waals surface area contributed by atoms with Crippen LogP contribution in [0, 0.1) is 0 Å².